The first-order valence-electron chi connectivity index (χ1n) is 5.27. The second-order valence-corrected chi connectivity index (χ2v) is 5.74. The van der Waals surface area contributed by atoms with Gasteiger partial charge in [0.05, 0.1) is 5.69 Å². The molecule has 0 saturated heterocycles. The Morgan fingerprint density at radius 2 is 2.12 bits per heavy atom. The number of nitrogens with zero attached hydrogens (tertiary/aromatic N) is 3. The zero-order valence-electron chi connectivity index (χ0n) is 10.4. The smallest absolute Gasteiger partial charge is 0.166 e. The summed E-state index contributed by atoms with van der Waals surface area (Å²) in [7, 11) is -0.896. The van der Waals surface area contributed by atoms with E-state index in [0.717, 1.165) is 11.3 Å². The maximum absolute atomic E-state index is 11.2. The molecular weight excluding hydrogens is 236 g/mol. The summed E-state index contributed by atoms with van der Waals surface area (Å²) in [6.45, 7) is 6.05. The van der Waals surface area contributed by atoms with Crippen molar-refractivity contribution in [1.82, 2.24) is 10.2 Å². The van der Waals surface area contributed by atoms with Gasteiger partial charge in [-0.15, -0.1) is 5.10 Å². The van der Waals surface area contributed by atoms with Crippen molar-refractivity contribution < 1.29 is 4.21 Å². The molecule has 2 unspecified atom stereocenters. The van der Waals surface area contributed by atoms with Gasteiger partial charge in [-0.25, -0.2) is 0 Å². The Labute approximate surface area is 104 Å². The molecule has 92 valence electrons. The van der Waals surface area contributed by atoms with E-state index in [1.54, 1.807) is 6.26 Å². The van der Waals surface area contributed by atoms with E-state index in [1.165, 1.54) is 0 Å². The zero-order chi connectivity index (χ0) is 13.0. The number of hydrogen-bond acceptors (Lipinski definition) is 5. The van der Waals surface area contributed by atoms with Gasteiger partial charge in [0, 0.05) is 28.9 Å². The van der Waals surface area contributed by atoms with Crippen molar-refractivity contribution in [2.24, 2.45) is 0 Å². The minimum atomic E-state index is -0.896. The van der Waals surface area contributed by atoms with Crippen LogP contribution in [-0.2, 0) is 10.8 Å². The van der Waals surface area contributed by atoms with Crippen molar-refractivity contribution >= 4 is 16.6 Å². The molecule has 0 saturated carbocycles. The third-order valence-corrected chi connectivity index (χ3v) is 3.99. The van der Waals surface area contributed by atoms with Crippen LogP contribution in [0.1, 0.15) is 23.7 Å². The van der Waals surface area contributed by atoms with Gasteiger partial charge in [-0.05, 0) is 26.3 Å². The SMILES string of the molecule is Cc1nnc(NCC(C)S(C)=O)c(C#N)c1C. The summed E-state index contributed by atoms with van der Waals surface area (Å²) in [4.78, 5) is 0. The van der Waals surface area contributed by atoms with E-state index < -0.39 is 10.8 Å². The Hall–Kier alpha value is -1.48. The highest BCUT2D eigenvalue weighted by Gasteiger charge is 2.12. The number of aromatic nitrogens is 2. The summed E-state index contributed by atoms with van der Waals surface area (Å²) in [5, 5.41) is 20.0. The van der Waals surface area contributed by atoms with E-state index in [9.17, 15) is 4.21 Å². The fraction of sp³-hybridized carbons (Fsp3) is 0.545. The van der Waals surface area contributed by atoms with E-state index in [2.05, 4.69) is 21.6 Å². The van der Waals surface area contributed by atoms with Crippen molar-refractivity contribution in [3.63, 3.8) is 0 Å². The molecule has 1 aromatic heterocycles. The molecule has 0 amide bonds. The average Bonchev–Trinajstić information content (AvgIpc) is 2.30. The van der Waals surface area contributed by atoms with Crippen molar-refractivity contribution in [3.05, 3.63) is 16.8 Å². The standard InChI is InChI=1S/C11H16N4OS/c1-7(17(4)16)6-13-11-10(5-12)8(2)9(3)14-15-11/h7H,6H2,1-4H3,(H,13,15). The molecule has 0 aromatic carbocycles. The average molecular weight is 252 g/mol. The van der Waals surface area contributed by atoms with Crippen LogP contribution >= 0.6 is 0 Å². The lowest BCUT2D eigenvalue weighted by Crippen LogP contribution is -2.22. The van der Waals surface area contributed by atoms with Gasteiger partial charge in [-0.3, -0.25) is 4.21 Å². The fourth-order valence-electron chi connectivity index (χ4n) is 1.23. The molecule has 0 fully saturated rings. The van der Waals surface area contributed by atoms with Crippen molar-refractivity contribution in [1.29, 1.82) is 5.26 Å². The predicted molar refractivity (Wildman–Crippen MR) is 68.2 cm³/mol. The third kappa shape index (κ3) is 3.24. The first-order chi connectivity index (χ1) is 7.97. The Kier molecular flexibility index (Phi) is 4.58. The van der Waals surface area contributed by atoms with Crippen LogP contribution in [0, 0.1) is 25.2 Å². The summed E-state index contributed by atoms with van der Waals surface area (Å²) in [6.07, 6.45) is 1.66. The lowest BCUT2D eigenvalue weighted by Gasteiger charge is -2.12. The molecule has 17 heavy (non-hydrogen) atoms. The van der Waals surface area contributed by atoms with E-state index in [4.69, 9.17) is 5.26 Å². The lowest BCUT2D eigenvalue weighted by molar-refractivity contribution is 0.678. The lowest BCUT2D eigenvalue weighted by atomic mass is 10.1. The Morgan fingerprint density at radius 3 is 2.65 bits per heavy atom. The molecular formula is C11H16N4OS. The quantitative estimate of drug-likeness (QED) is 0.869. The number of aryl methyl sites for hydroxylation is 1. The maximum atomic E-state index is 11.2. The third-order valence-electron chi connectivity index (χ3n) is 2.69. The Bertz CT molecular complexity index is 481. The number of anilines is 1. The largest absolute Gasteiger partial charge is 0.366 e. The summed E-state index contributed by atoms with van der Waals surface area (Å²) in [6, 6.07) is 2.12. The summed E-state index contributed by atoms with van der Waals surface area (Å²) >= 11 is 0. The molecule has 1 N–H and O–H groups in total. The molecule has 2 atom stereocenters. The van der Waals surface area contributed by atoms with E-state index in [-0.39, 0.29) is 5.25 Å². The highest BCUT2D eigenvalue weighted by atomic mass is 32.2. The van der Waals surface area contributed by atoms with Crippen LogP contribution in [0.4, 0.5) is 5.82 Å². The Balaban J connectivity index is 2.90. The van der Waals surface area contributed by atoms with E-state index in [0.29, 0.717) is 17.9 Å². The van der Waals surface area contributed by atoms with Gasteiger partial charge in [0.15, 0.2) is 5.82 Å². The maximum Gasteiger partial charge on any atom is 0.166 e. The van der Waals surface area contributed by atoms with Gasteiger partial charge in [0.25, 0.3) is 0 Å². The molecule has 6 heteroatoms. The van der Waals surface area contributed by atoms with E-state index in [1.807, 2.05) is 20.8 Å². The summed E-state index contributed by atoms with van der Waals surface area (Å²) in [5.41, 5.74) is 2.08. The van der Waals surface area contributed by atoms with Crippen LogP contribution < -0.4 is 5.32 Å². The van der Waals surface area contributed by atoms with Gasteiger partial charge in [0.1, 0.15) is 11.6 Å². The molecule has 5 nitrogen and oxygen atoms in total. The second kappa shape index (κ2) is 5.73. The molecule has 0 aliphatic carbocycles. The van der Waals surface area contributed by atoms with Crippen molar-refractivity contribution in [2.45, 2.75) is 26.0 Å². The summed E-state index contributed by atoms with van der Waals surface area (Å²) < 4.78 is 11.2. The molecule has 0 aliphatic heterocycles. The van der Waals surface area contributed by atoms with E-state index >= 15 is 0 Å². The second-order valence-electron chi connectivity index (χ2n) is 3.94. The minimum Gasteiger partial charge on any atom is -0.366 e. The van der Waals surface area contributed by atoms with Gasteiger partial charge < -0.3 is 5.32 Å². The molecule has 0 bridgehead atoms. The number of hydrogen-bond donors (Lipinski definition) is 1. The van der Waals surface area contributed by atoms with Crippen molar-refractivity contribution in [3.8, 4) is 6.07 Å². The van der Waals surface area contributed by atoms with Crippen LogP contribution in [0.3, 0.4) is 0 Å². The Morgan fingerprint density at radius 1 is 1.47 bits per heavy atom. The number of nitrogens with one attached hydrogen (secondary N) is 1. The van der Waals surface area contributed by atoms with Gasteiger partial charge in [-0.2, -0.15) is 10.4 Å². The van der Waals surface area contributed by atoms with Crippen LogP contribution in [0.15, 0.2) is 0 Å². The number of rotatable bonds is 4. The van der Waals surface area contributed by atoms with Gasteiger partial charge in [0.2, 0.25) is 0 Å². The first kappa shape index (κ1) is 13.6. The van der Waals surface area contributed by atoms with Crippen LogP contribution in [-0.4, -0.2) is 32.5 Å². The highest BCUT2D eigenvalue weighted by Crippen LogP contribution is 2.16. The molecule has 1 rings (SSSR count). The number of nitriles is 1. The minimum absolute atomic E-state index is 0.00459. The monoisotopic (exact) mass is 252 g/mol. The molecule has 0 radical (unpaired) electrons. The van der Waals surface area contributed by atoms with Gasteiger partial charge >= 0.3 is 0 Å². The molecule has 0 spiro atoms. The summed E-state index contributed by atoms with van der Waals surface area (Å²) in [5.74, 6) is 0.466. The molecule has 1 heterocycles. The van der Waals surface area contributed by atoms with Crippen molar-refractivity contribution in [2.75, 3.05) is 18.1 Å². The molecule has 1 aromatic rings. The molecule has 0 aliphatic rings. The first-order valence-corrected chi connectivity index (χ1v) is 6.89. The fourth-order valence-corrected chi connectivity index (χ4v) is 1.54. The van der Waals surface area contributed by atoms with Gasteiger partial charge in [-0.1, -0.05) is 0 Å². The van der Waals surface area contributed by atoms with Crippen LogP contribution in [0.25, 0.3) is 0 Å². The topological polar surface area (TPSA) is 78.7 Å². The highest BCUT2D eigenvalue weighted by molar-refractivity contribution is 7.84. The zero-order valence-corrected chi connectivity index (χ0v) is 11.3. The normalized spacial score (nSPS) is 13.8. The van der Waals surface area contributed by atoms with Crippen LogP contribution in [0.5, 0.6) is 0 Å². The van der Waals surface area contributed by atoms with Crippen LogP contribution in [0.2, 0.25) is 0 Å². The predicted octanol–water partition coefficient (Wildman–Crippen LogP) is 1.14.